The van der Waals surface area contributed by atoms with Gasteiger partial charge in [0.1, 0.15) is 0 Å². The van der Waals surface area contributed by atoms with Crippen LogP contribution in [0.3, 0.4) is 0 Å². The number of piperazine rings is 1. The lowest BCUT2D eigenvalue weighted by Crippen LogP contribution is -2.51. The first kappa shape index (κ1) is 19.8. The third-order valence-corrected chi connectivity index (χ3v) is 5.91. The normalized spacial score (nSPS) is 18.2. The van der Waals surface area contributed by atoms with Crippen LogP contribution in [0, 0.1) is 10.1 Å². The Morgan fingerprint density at radius 2 is 1.80 bits per heavy atom. The maximum Gasteiger partial charge on any atom is 0.269 e. The van der Waals surface area contributed by atoms with Crippen LogP contribution in [0.4, 0.5) is 5.69 Å². The van der Waals surface area contributed by atoms with Gasteiger partial charge < -0.3 is 4.90 Å². The average molecular weight is 370 g/mol. The summed E-state index contributed by atoms with van der Waals surface area (Å²) in [5, 5.41) is 10.6. The fourth-order valence-corrected chi connectivity index (χ4v) is 3.89. The molecule has 0 bridgehead atoms. The summed E-state index contributed by atoms with van der Waals surface area (Å²) < 4.78 is 27.0. The average Bonchev–Trinajstić information content (AvgIpc) is 2.59. The molecule has 1 atom stereocenters. The van der Waals surface area contributed by atoms with Crippen molar-refractivity contribution in [3.63, 3.8) is 0 Å². The van der Waals surface area contributed by atoms with Crippen molar-refractivity contribution in [3.05, 3.63) is 39.9 Å². The number of rotatable bonds is 8. The molecule has 0 aromatic heterocycles. The first-order chi connectivity index (χ1) is 11.8. The maximum absolute atomic E-state index is 12.2. The van der Waals surface area contributed by atoms with Crippen molar-refractivity contribution < 1.29 is 13.3 Å². The van der Waals surface area contributed by atoms with Crippen LogP contribution >= 0.6 is 0 Å². The molecular weight excluding hydrogens is 344 g/mol. The number of nitrogens with zero attached hydrogens (tertiary/aromatic N) is 3. The Balaban J connectivity index is 1.78. The van der Waals surface area contributed by atoms with Gasteiger partial charge in [-0.25, -0.2) is 13.1 Å². The molecule has 9 heteroatoms. The minimum atomic E-state index is -3.37. The third kappa shape index (κ3) is 6.35. The van der Waals surface area contributed by atoms with Gasteiger partial charge in [0.25, 0.3) is 5.69 Å². The maximum atomic E-state index is 12.2. The molecule has 1 heterocycles. The summed E-state index contributed by atoms with van der Waals surface area (Å²) in [5.41, 5.74) is 0.772. The number of non-ortho nitro benzene ring substituents is 1. The third-order valence-electron chi connectivity index (χ3n) is 4.57. The van der Waals surface area contributed by atoms with Crippen molar-refractivity contribution >= 4 is 15.7 Å². The van der Waals surface area contributed by atoms with Crippen molar-refractivity contribution in [2.24, 2.45) is 0 Å². The van der Waals surface area contributed by atoms with Gasteiger partial charge >= 0.3 is 0 Å². The molecule has 1 fully saturated rings. The highest BCUT2D eigenvalue weighted by Crippen LogP contribution is 2.12. The van der Waals surface area contributed by atoms with Gasteiger partial charge in [-0.1, -0.05) is 12.1 Å². The molecule has 1 aromatic carbocycles. The standard InChI is InChI=1S/C16H26N4O4S/c1-14(19-10-8-18(2)9-11-19)13-17-25(23,24)12-7-15-3-5-16(6-4-15)20(21)22/h3-6,14,17H,7-13H2,1-2H3/t14-/m0/s1. The molecule has 1 saturated heterocycles. The zero-order valence-corrected chi connectivity index (χ0v) is 15.5. The van der Waals surface area contributed by atoms with E-state index in [0.29, 0.717) is 13.0 Å². The number of nitro benzene ring substituents is 1. The van der Waals surface area contributed by atoms with E-state index in [4.69, 9.17) is 0 Å². The fourth-order valence-electron chi connectivity index (χ4n) is 2.75. The highest BCUT2D eigenvalue weighted by Gasteiger charge is 2.20. The number of sulfonamides is 1. The molecule has 1 N–H and O–H groups in total. The van der Waals surface area contributed by atoms with Crippen LogP contribution < -0.4 is 4.72 Å². The number of benzene rings is 1. The second kappa shape index (κ2) is 8.70. The molecule has 0 radical (unpaired) electrons. The van der Waals surface area contributed by atoms with Crippen LogP contribution in [-0.2, 0) is 16.4 Å². The SMILES string of the molecule is C[C@@H](CNS(=O)(=O)CCc1ccc([N+](=O)[O-])cc1)N1CCN(C)CC1. The van der Waals surface area contributed by atoms with Crippen molar-refractivity contribution in [1.82, 2.24) is 14.5 Å². The van der Waals surface area contributed by atoms with Gasteiger partial charge in [-0.05, 0) is 26.0 Å². The Labute approximate surface area is 149 Å². The van der Waals surface area contributed by atoms with E-state index >= 15 is 0 Å². The summed E-state index contributed by atoms with van der Waals surface area (Å²) in [6.45, 7) is 6.31. The van der Waals surface area contributed by atoms with Gasteiger partial charge in [0, 0.05) is 50.9 Å². The quantitative estimate of drug-likeness (QED) is 0.534. The fraction of sp³-hybridized carbons (Fsp3) is 0.625. The molecule has 25 heavy (non-hydrogen) atoms. The smallest absolute Gasteiger partial charge is 0.269 e. The van der Waals surface area contributed by atoms with Crippen LogP contribution in [0.2, 0.25) is 0 Å². The van der Waals surface area contributed by atoms with Crippen molar-refractivity contribution in [3.8, 4) is 0 Å². The lowest BCUT2D eigenvalue weighted by atomic mass is 10.1. The first-order valence-corrected chi connectivity index (χ1v) is 10.1. The van der Waals surface area contributed by atoms with Gasteiger partial charge in [0.2, 0.25) is 10.0 Å². The number of hydrogen-bond donors (Lipinski definition) is 1. The molecule has 1 aliphatic heterocycles. The van der Waals surface area contributed by atoms with Gasteiger partial charge in [-0.15, -0.1) is 0 Å². The van der Waals surface area contributed by atoms with E-state index in [1.54, 1.807) is 12.1 Å². The van der Waals surface area contributed by atoms with Crippen LogP contribution in [0.1, 0.15) is 12.5 Å². The Morgan fingerprint density at radius 3 is 2.36 bits per heavy atom. The largest absolute Gasteiger partial charge is 0.304 e. The number of likely N-dealkylation sites (N-methyl/N-ethyl adjacent to an activating group) is 1. The van der Waals surface area contributed by atoms with Crippen molar-refractivity contribution in [2.75, 3.05) is 45.5 Å². The minimum Gasteiger partial charge on any atom is -0.304 e. The van der Waals surface area contributed by atoms with E-state index in [1.165, 1.54) is 12.1 Å². The van der Waals surface area contributed by atoms with E-state index in [9.17, 15) is 18.5 Å². The predicted octanol–water partition coefficient (Wildman–Crippen LogP) is 0.693. The second-order valence-electron chi connectivity index (χ2n) is 6.53. The van der Waals surface area contributed by atoms with E-state index in [1.807, 2.05) is 6.92 Å². The molecule has 1 aromatic rings. The van der Waals surface area contributed by atoms with Crippen LogP contribution in [0.5, 0.6) is 0 Å². The summed E-state index contributed by atoms with van der Waals surface area (Å²) in [6.07, 6.45) is 0.330. The monoisotopic (exact) mass is 370 g/mol. The van der Waals surface area contributed by atoms with Crippen molar-refractivity contribution in [1.29, 1.82) is 0 Å². The second-order valence-corrected chi connectivity index (χ2v) is 8.46. The molecule has 0 aliphatic carbocycles. The summed E-state index contributed by atoms with van der Waals surface area (Å²) in [4.78, 5) is 14.7. The van der Waals surface area contributed by atoms with Crippen LogP contribution in [0.25, 0.3) is 0 Å². The molecular formula is C16H26N4O4S. The molecule has 0 spiro atoms. The number of nitrogens with one attached hydrogen (secondary N) is 1. The number of hydrogen-bond acceptors (Lipinski definition) is 6. The molecule has 140 valence electrons. The zero-order chi connectivity index (χ0) is 18.4. The Bertz CT molecular complexity index is 670. The van der Waals surface area contributed by atoms with Gasteiger partial charge in [0.05, 0.1) is 10.7 Å². The van der Waals surface area contributed by atoms with Crippen molar-refractivity contribution in [2.45, 2.75) is 19.4 Å². The lowest BCUT2D eigenvalue weighted by Gasteiger charge is -2.36. The Kier molecular flexibility index (Phi) is 6.88. The van der Waals surface area contributed by atoms with E-state index in [0.717, 1.165) is 31.7 Å². The molecule has 8 nitrogen and oxygen atoms in total. The zero-order valence-electron chi connectivity index (χ0n) is 14.7. The molecule has 2 rings (SSSR count). The van der Waals surface area contributed by atoms with E-state index in [2.05, 4.69) is 21.6 Å². The van der Waals surface area contributed by atoms with Crippen LogP contribution in [0.15, 0.2) is 24.3 Å². The van der Waals surface area contributed by atoms with Gasteiger partial charge in [-0.2, -0.15) is 0 Å². The van der Waals surface area contributed by atoms with Gasteiger partial charge in [-0.3, -0.25) is 15.0 Å². The highest BCUT2D eigenvalue weighted by atomic mass is 32.2. The summed E-state index contributed by atoms with van der Waals surface area (Å²) in [7, 11) is -1.29. The summed E-state index contributed by atoms with van der Waals surface area (Å²) >= 11 is 0. The van der Waals surface area contributed by atoms with Gasteiger partial charge in [0.15, 0.2) is 0 Å². The molecule has 0 saturated carbocycles. The first-order valence-electron chi connectivity index (χ1n) is 8.40. The number of nitro groups is 1. The lowest BCUT2D eigenvalue weighted by molar-refractivity contribution is -0.384. The predicted molar refractivity (Wildman–Crippen MR) is 97.1 cm³/mol. The van der Waals surface area contributed by atoms with E-state index < -0.39 is 14.9 Å². The topological polar surface area (TPSA) is 95.8 Å². The summed E-state index contributed by atoms with van der Waals surface area (Å²) in [6, 6.07) is 6.14. The molecule has 0 amide bonds. The Morgan fingerprint density at radius 1 is 1.20 bits per heavy atom. The Hall–Kier alpha value is -1.55. The van der Waals surface area contributed by atoms with E-state index in [-0.39, 0.29) is 17.5 Å². The number of aryl methyl sites for hydroxylation is 1. The molecule has 1 aliphatic rings. The van der Waals surface area contributed by atoms with Crippen LogP contribution in [-0.4, -0.2) is 74.7 Å². The molecule has 0 unspecified atom stereocenters. The highest BCUT2D eigenvalue weighted by molar-refractivity contribution is 7.89. The summed E-state index contributed by atoms with van der Waals surface area (Å²) in [5.74, 6) is -0.0275. The minimum absolute atomic E-state index is 0.00531.